The molecule has 1 saturated carbocycles. The van der Waals surface area contributed by atoms with Crippen LogP contribution in [0.4, 0.5) is 0 Å². The molecule has 0 bridgehead atoms. The van der Waals surface area contributed by atoms with Gasteiger partial charge in [-0.2, -0.15) is 0 Å². The summed E-state index contributed by atoms with van der Waals surface area (Å²) in [5.74, 6) is 0. The van der Waals surface area contributed by atoms with Crippen molar-refractivity contribution in [3.63, 3.8) is 0 Å². The van der Waals surface area contributed by atoms with Crippen LogP contribution in [0.15, 0.2) is 30.5 Å². The predicted octanol–water partition coefficient (Wildman–Crippen LogP) is 3.58. The van der Waals surface area contributed by atoms with Crippen molar-refractivity contribution >= 4 is 17.3 Å². The third-order valence-corrected chi connectivity index (χ3v) is 6.42. The second kappa shape index (κ2) is 7.60. The van der Waals surface area contributed by atoms with Crippen molar-refractivity contribution in [2.24, 2.45) is 0 Å². The Labute approximate surface area is 166 Å². The topological polar surface area (TPSA) is 53.3 Å². The molecule has 2 N–H and O–H groups in total. The van der Waals surface area contributed by atoms with Crippen molar-refractivity contribution in [2.45, 2.75) is 57.7 Å². The number of rotatable bonds is 5. The summed E-state index contributed by atoms with van der Waals surface area (Å²) < 4.78 is 2.52. The lowest BCUT2D eigenvalue weighted by atomic mass is 9.97. The van der Waals surface area contributed by atoms with Gasteiger partial charge in [0.2, 0.25) is 0 Å². The standard InChI is InChI=1S/C21H28N4OS/c1-14-13-17(15(2)25(14)16-7-3-4-8-16)20-19(18-9-5-6-10-22-18)23-21(27)24(20)11-12-26/h5-6,9-10,13,16,19-20,26H,3-4,7-8,11-12H2,1-2H3,(H,23,27). The fraction of sp³-hybridized carbons (Fsp3) is 0.524. The Bertz CT molecular complexity index is 813. The number of β-amino-alcohol motifs (C(OH)–C–C–N with tert-alkyl or cyclic N) is 1. The first kappa shape index (κ1) is 18.4. The lowest BCUT2D eigenvalue weighted by Gasteiger charge is -2.28. The van der Waals surface area contributed by atoms with E-state index in [0.29, 0.717) is 17.7 Å². The SMILES string of the molecule is Cc1cc(C2C(c3ccccn3)NC(=S)N2CCO)c(C)n1C1CCCC1. The number of aliphatic hydroxyl groups excluding tert-OH is 1. The van der Waals surface area contributed by atoms with Crippen LogP contribution in [0.1, 0.15) is 66.5 Å². The number of thiocarbonyl (C=S) groups is 1. The summed E-state index contributed by atoms with van der Waals surface area (Å²) in [5, 5.41) is 13.8. The Morgan fingerprint density at radius 1 is 1.26 bits per heavy atom. The average Bonchev–Trinajstić information content (AvgIpc) is 3.36. The van der Waals surface area contributed by atoms with E-state index in [9.17, 15) is 5.11 Å². The fourth-order valence-corrected chi connectivity index (χ4v) is 5.25. The lowest BCUT2D eigenvalue weighted by molar-refractivity contribution is 0.222. The van der Waals surface area contributed by atoms with E-state index in [1.807, 2.05) is 24.4 Å². The van der Waals surface area contributed by atoms with Gasteiger partial charge in [-0.25, -0.2) is 0 Å². The van der Waals surface area contributed by atoms with Crippen LogP contribution in [0.3, 0.4) is 0 Å². The van der Waals surface area contributed by atoms with Crippen LogP contribution in [-0.4, -0.2) is 37.8 Å². The molecule has 2 aromatic rings. The number of hydrogen-bond donors (Lipinski definition) is 2. The zero-order chi connectivity index (χ0) is 19.0. The van der Waals surface area contributed by atoms with E-state index in [-0.39, 0.29) is 18.7 Å². The number of hydrogen-bond acceptors (Lipinski definition) is 3. The first-order valence-corrected chi connectivity index (χ1v) is 10.3. The molecule has 144 valence electrons. The van der Waals surface area contributed by atoms with E-state index in [0.717, 1.165) is 5.69 Å². The molecule has 27 heavy (non-hydrogen) atoms. The minimum Gasteiger partial charge on any atom is -0.395 e. The minimum absolute atomic E-state index is 0.0113. The maximum Gasteiger partial charge on any atom is 0.170 e. The molecule has 3 heterocycles. The molecule has 1 aliphatic heterocycles. The maximum absolute atomic E-state index is 9.62. The monoisotopic (exact) mass is 384 g/mol. The highest BCUT2D eigenvalue weighted by molar-refractivity contribution is 7.80. The number of aliphatic hydroxyl groups is 1. The fourth-order valence-electron chi connectivity index (χ4n) is 4.92. The van der Waals surface area contributed by atoms with Gasteiger partial charge in [0.25, 0.3) is 0 Å². The van der Waals surface area contributed by atoms with E-state index in [1.54, 1.807) is 0 Å². The van der Waals surface area contributed by atoms with Crippen molar-refractivity contribution in [1.82, 2.24) is 19.8 Å². The summed E-state index contributed by atoms with van der Waals surface area (Å²) >= 11 is 5.62. The van der Waals surface area contributed by atoms with Gasteiger partial charge in [-0.1, -0.05) is 18.9 Å². The number of aryl methyl sites for hydroxylation is 1. The Balaban J connectivity index is 1.78. The number of nitrogens with zero attached hydrogens (tertiary/aromatic N) is 3. The molecule has 2 aliphatic rings. The third kappa shape index (κ3) is 3.25. The molecule has 0 radical (unpaired) electrons. The van der Waals surface area contributed by atoms with Gasteiger partial charge in [0, 0.05) is 30.2 Å². The van der Waals surface area contributed by atoms with Crippen LogP contribution in [0.5, 0.6) is 0 Å². The molecule has 4 rings (SSSR count). The largest absolute Gasteiger partial charge is 0.395 e. The summed E-state index contributed by atoms with van der Waals surface area (Å²) in [6.07, 6.45) is 6.99. The van der Waals surface area contributed by atoms with Crippen molar-refractivity contribution in [2.75, 3.05) is 13.2 Å². The quantitative estimate of drug-likeness (QED) is 0.772. The lowest BCUT2D eigenvalue weighted by Crippen LogP contribution is -2.32. The Morgan fingerprint density at radius 2 is 2.04 bits per heavy atom. The van der Waals surface area contributed by atoms with Gasteiger partial charge in [-0.05, 0) is 62.7 Å². The zero-order valence-electron chi connectivity index (χ0n) is 16.1. The van der Waals surface area contributed by atoms with Crippen molar-refractivity contribution in [3.05, 3.63) is 53.1 Å². The second-order valence-corrected chi connectivity index (χ2v) is 8.07. The van der Waals surface area contributed by atoms with Gasteiger partial charge in [0.1, 0.15) is 0 Å². The first-order chi connectivity index (χ1) is 13.1. The summed E-state index contributed by atoms with van der Waals surface area (Å²) in [6, 6.07) is 8.95. The molecule has 0 spiro atoms. The van der Waals surface area contributed by atoms with E-state index in [4.69, 9.17) is 12.2 Å². The van der Waals surface area contributed by atoms with Gasteiger partial charge in [0.05, 0.1) is 24.4 Å². The van der Waals surface area contributed by atoms with Gasteiger partial charge in [-0.3, -0.25) is 4.98 Å². The molecule has 5 nitrogen and oxygen atoms in total. The molecular weight excluding hydrogens is 356 g/mol. The van der Waals surface area contributed by atoms with E-state index < -0.39 is 0 Å². The molecule has 2 unspecified atom stereocenters. The van der Waals surface area contributed by atoms with Crippen LogP contribution >= 0.6 is 12.2 Å². The van der Waals surface area contributed by atoms with E-state index in [1.165, 1.54) is 42.6 Å². The van der Waals surface area contributed by atoms with E-state index in [2.05, 4.69) is 39.7 Å². The maximum atomic E-state index is 9.62. The van der Waals surface area contributed by atoms with Gasteiger partial charge in [-0.15, -0.1) is 0 Å². The molecule has 2 aromatic heterocycles. The predicted molar refractivity (Wildman–Crippen MR) is 111 cm³/mol. The number of nitrogens with one attached hydrogen (secondary N) is 1. The van der Waals surface area contributed by atoms with Crippen LogP contribution < -0.4 is 5.32 Å². The molecule has 1 saturated heterocycles. The summed E-state index contributed by atoms with van der Waals surface area (Å²) in [7, 11) is 0. The van der Waals surface area contributed by atoms with E-state index >= 15 is 0 Å². The second-order valence-electron chi connectivity index (χ2n) is 7.68. The normalized spacial score (nSPS) is 23.2. The van der Waals surface area contributed by atoms with Gasteiger partial charge < -0.3 is 19.9 Å². The van der Waals surface area contributed by atoms with Crippen LogP contribution in [0.2, 0.25) is 0 Å². The third-order valence-electron chi connectivity index (χ3n) is 6.07. The zero-order valence-corrected chi connectivity index (χ0v) is 16.9. The molecular formula is C21H28N4OS. The molecule has 2 atom stereocenters. The Hall–Kier alpha value is -1.92. The van der Waals surface area contributed by atoms with Crippen molar-refractivity contribution in [1.29, 1.82) is 0 Å². The van der Waals surface area contributed by atoms with Crippen LogP contribution in [-0.2, 0) is 0 Å². The van der Waals surface area contributed by atoms with Crippen LogP contribution in [0, 0.1) is 13.8 Å². The average molecular weight is 385 g/mol. The van der Waals surface area contributed by atoms with Crippen molar-refractivity contribution < 1.29 is 5.11 Å². The minimum atomic E-state index is -0.0113. The van der Waals surface area contributed by atoms with Crippen LogP contribution in [0.25, 0.3) is 0 Å². The highest BCUT2D eigenvalue weighted by Gasteiger charge is 2.41. The van der Waals surface area contributed by atoms with Gasteiger partial charge >= 0.3 is 0 Å². The Morgan fingerprint density at radius 3 is 2.70 bits per heavy atom. The summed E-state index contributed by atoms with van der Waals surface area (Å²) in [4.78, 5) is 6.70. The molecule has 0 amide bonds. The first-order valence-electron chi connectivity index (χ1n) is 9.89. The van der Waals surface area contributed by atoms with Crippen molar-refractivity contribution in [3.8, 4) is 0 Å². The number of aromatic nitrogens is 2. The molecule has 6 heteroatoms. The highest BCUT2D eigenvalue weighted by atomic mass is 32.1. The Kier molecular flexibility index (Phi) is 5.19. The molecule has 2 fully saturated rings. The smallest absolute Gasteiger partial charge is 0.170 e. The molecule has 0 aromatic carbocycles. The number of pyridine rings is 1. The highest BCUT2D eigenvalue weighted by Crippen LogP contribution is 2.42. The summed E-state index contributed by atoms with van der Waals surface area (Å²) in [6.45, 7) is 5.04. The van der Waals surface area contributed by atoms with Gasteiger partial charge in [0.15, 0.2) is 5.11 Å². The molecule has 1 aliphatic carbocycles. The summed E-state index contributed by atoms with van der Waals surface area (Å²) in [5.41, 5.74) is 4.91.